The third-order valence-corrected chi connectivity index (χ3v) is 3.90. The third-order valence-electron chi connectivity index (χ3n) is 3.45. The molecule has 4 heteroatoms. The van der Waals surface area contributed by atoms with Gasteiger partial charge >= 0.3 is 0 Å². The van der Waals surface area contributed by atoms with Gasteiger partial charge in [0.05, 0.1) is 0 Å². The van der Waals surface area contributed by atoms with Crippen LogP contribution in [-0.2, 0) is 13.0 Å². The number of nitrogens with zero attached hydrogens (tertiary/aromatic N) is 2. The molecule has 2 rings (SSSR count). The highest BCUT2D eigenvalue weighted by atomic mass is 79.9. The van der Waals surface area contributed by atoms with E-state index in [9.17, 15) is 0 Å². The number of likely N-dealkylation sites (N-methyl/N-ethyl adjacent to an activating group) is 1. The van der Waals surface area contributed by atoms with Crippen molar-refractivity contribution in [3.63, 3.8) is 0 Å². The van der Waals surface area contributed by atoms with Gasteiger partial charge in [-0.15, -0.1) is 0 Å². The summed E-state index contributed by atoms with van der Waals surface area (Å²) in [6, 6.07) is 6.87. The summed E-state index contributed by atoms with van der Waals surface area (Å²) in [5.41, 5.74) is 2.58. The third kappa shape index (κ3) is 3.70. The average Bonchev–Trinajstić information content (AvgIpc) is 2.84. The zero-order chi connectivity index (χ0) is 14.5. The summed E-state index contributed by atoms with van der Waals surface area (Å²) in [6.07, 6.45) is 4.84. The van der Waals surface area contributed by atoms with Gasteiger partial charge in [-0.25, -0.2) is 4.98 Å². The minimum Gasteiger partial charge on any atom is -0.335 e. The number of halogens is 1. The van der Waals surface area contributed by atoms with Crippen LogP contribution in [0.4, 0.5) is 0 Å². The Balaban J connectivity index is 2.26. The van der Waals surface area contributed by atoms with E-state index in [4.69, 9.17) is 0 Å². The molecule has 0 radical (unpaired) electrons. The monoisotopic (exact) mass is 335 g/mol. The first-order valence-corrected chi connectivity index (χ1v) is 7.93. The van der Waals surface area contributed by atoms with Crippen molar-refractivity contribution in [2.24, 2.45) is 0 Å². The van der Waals surface area contributed by atoms with Crippen LogP contribution in [0.1, 0.15) is 36.8 Å². The van der Waals surface area contributed by atoms with Crippen molar-refractivity contribution < 1.29 is 0 Å². The van der Waals surface area contributed by atoms with Gasteiger partial charge in [-0.1, -0.05) is 28.9 Å². The Morgan fingerprint density at radius 2 is 2.10 bits per heavy atom. The van der Waals surface area contributed by atoms with Gasteiger partial charge < -0.3 is 9.88 Å². The molecule has 0 aliphatic rings. The molecule has 0 saturated carbocycles. The standard InChI is InChI=1S/C16H22BrN3/c1-4-18-15(11-16-19-6-7-20(16)5-2)13-8-12(3)9-14(17)10-13/h6-10,15,18H,4-5,11H2,1-3H3. The van der Waals surface area contributed by atoms with Crippen molar-refractivity contribution in [3.8, 4) is 0 Å². The van der Waals surface area contributed by atoms with E-state index in [1.165, 1.54) is 11.1 Å². The topological polar surface area (TPSA) is 29.9 Å². The van der Waals surface area contributed by atoms with Gasteiger partial charge in [-0.3, -0.25) is 0 Å². The number of benzene rings is 1. The fraction of sp³-hybridized carbons (Fsp3) is 0.438. The fourth-order valence-corrected chi connectivity index (χ4v) is 3.15. The second-order valence-corrected chi connectivity index (χ2v) is 5.92. The van der Waals surface area contributed by atoms with Crippen LogP contribution in [0.25, 0.3) is 0 Å². The van der Waals surface area contributed by atoms with Gasteiger partial charge in [0.25, 0.3) is 0 Å². The van der Waals surface area contributed by atoms with E-state index in [2.05, 4.69) is 69.8 Å². The van der Waals surface area contributed by atoms with E-state index < -0.39 is 0 Å². The Morgan fingerprint density at radius 3 is 2.75 bits per heavy atom. The second kappa shape index (κ2) is 7.04. The number of aryl methyl sites for hydroxylation is 2. The van der Waals surface area contributed by atoms with Crippen molar-refractivity contribution in [3.05, 3.63) is 52.0 Å². The first kappa shape index (κ1) is 15.3. The van der Waals surface area contributed by atoms with Crippen molar-refractivity contribution in [1.82, 2.24) is 14.9 Å². The van der Waals surface area contributed by atoms with Crippen molar-refractivity contribution in [2.45, 2.75) is 39.8 Å². The molecular formula is C16H22BrN3. The zero-order valence-electron chi connectivity index (χ0n) is 12.4. The number of nitrogens with one attached hydrogen (secondary N) is 1. The Bertz CT molecular complexity index is 542. The lowest BCUT2D eigenvalue weighted by atomic mass is 10.0. The van der Waals surface area contributed by atoms with E-state index in [0.29, 0.717) is 6.04 Å². The van der Waals surface area contributed by atoms with E-state index in [1.54, 1.807) is 0 Å². The Kier molecular flexibility index (Phi) is 5.38. The maximum atomic E-state index is 4.49. The molecule has 3 nitrogen and oxygen atoms in total. The molecule has 1 N–H and O–H groups in total. The van der Waals surface area contributed by atoms with Crippen LogP contribution in [0.5, 0.6) is 0 Å². The molecule has 0 bridgehead atoms. The Morgan fingerprint density at radius 1 is 1.30 bits per heavy atom. The van der Waals surface area contributed by atoms with Crippen LogP contribution in [0.15, 0.2) is 35.1 Å². The van der Waals surface area contributed by atoms with Crippen LogP contribution in [0.3, 0.4) is 0 Å². The van der Waals surface area contributed by atoms with E-state index in [0.717, 1.165) is 29.8 Å². The van der Waals surface area contributed by atoms with Gasteiger partial charge in [0.15, 0.2) is 0 Å². The highest BCUT2D eigenvalue weighted by Crippen LogP contribution is 2.23. The number of hydrogen-bond donors (Lipinski definition) is 1. The van der Waals surface area contributed by atoms with Crippen molar-refractivity contribution in [2.75, 3.05) is 6.54 Å². The van der Waals surface area contributed by atoms with Crippen LogP contribution < -0.4 is 5.32 Å². The number of hydrogen-bond acceptors (Lipinski definition) is 2. The van der Waals surface area contributed by atoms with Crippen molar-refractivity contribution >= 4 is 15.9 Å². The molecule has 1 unspecified atom stereocenters. The summed E-state index contributed by atoms with van der Waals surface area (Å²) in [7, 11) is 0. The smallest absolute Gasteiger partial charge is 0.110 e. The highest BCUT2D eigenvalue weighted by Gasteiger charge is 2.15. The maximum Gasteiger partial charge on any atom is 0.110 e. The normalized spacial score (nSPS) is 12.6. The molecule has 1 aromatic heterocycles. The van der Waals surface area contributed by atoms with Crippen LogP contribution in [0.2, 0.25) is 0 Å². The average molecular weight is 336 g/mol. The van der Waals surface area contributed by atoms with Crippen LogP contribution in [0, 0.1) is 6.92 Å². The molecule has 0 spiro atoms. The van der Waals surface area contributed by atoms with Gasteiger partial charge in [0.2, 0.25) is 0 Å². The first-order chi connectivity index (χ1) is 9.63. The molecule has 20 heavy (non-hydrogen) atoms. The quantitative estimate of drug-likeness (QED) is 0.868. The largest absolute Gasteiger partial charge is 0.335 e. The SMILES string of the molecule is CCNC(Cc1nccn1CC)c1cc(C)cc(Br)c1. The summed E-state index contributed by atoms with van der Waals surface area (Å²) >= 11 is 3.59. The van der Waals surface area contributed by atoms with E-state index >= 15 is 0 Å². The predicted octanol–water partition coefficient (Wildman–Crippen LogP) is 3.87. The summed E-state index contributed by atoms with van der Waals surface area (Å²) in [5, 5.41) is 3.57. The number of aromatic nitrogens is 2. The fourth-order valence-electron chi connectivity index (χ4n) is 2.52. The molecule has 1 aromatic carbocycles. The molecule has 0 aliphatic carbocycles. The minimum absolute atomic E-state index is 0.295. The minimum atomic E-state index is 0.295. The highest BCUT2D eigenvalue weighted by molar-refractivity contribution is 9.10. The maximum absolute atomic E-state index is 4.49. The molecule has 2 aromatic rings. The Labute approximate surface area is 129 Å². The van der Waals surface area contributed by atoms with Gasteiger partial charge in [0.1, 0.15) is 5.82 Å². The molecule has 0 fully saturated rings. The Hall–Kier alpha value is -1.13. The summed E-state index contributed by atoms with van der Waals surface area (Å²) < 4.78 is 3.34. The summed E-state index contributed by atoms with van der Waals surface area (Å²) in [4.78, 5) is 4.49. The van der Waals surface area contributed by atoms with Crippen LogP contribution >= 0.6 is 15.9 Å². The molecule has 1 atom stereocenters. The molecule has 0 aliphatic heterocycles. The molecule has 108 valence electrons. The summed E-state index contributed by atoms with van der Waals surface area (Å²) in [6.45, 7) is 8.33. The van der Waals surface area contributed by atoms with E-state index in [1.807, 2.05) is 12.4 Å². The zero-order valence-corrected chi connectivity index (χ0v) is 13.9. The van der Waals surface area contributed by atoms with Gasteiger partial charge in [0, 0.05) is 35.9 Å². The second-order valence-electron chi connectivity index (χ2n) is 5.01. The molecular weight excluding hydrogens is 314 g/mol. The van der Waals surface area contributed by atoms with Crippen molar-refractivity contribution in [1.29, 1.82) is 0 Å². The lowest BCUT2D eigenvalue weighted by molar-refractivity contribution is 0.521. The lowest BCUT2D eigenvalue weighted by Crippen LogP contribution is -2.24. The first-order valence-electron chi connectivity index (χ1n) is 7.14. The summed E-state index contributed by atoms with van der Waals surface area (Å²) in [5.74, 6) is 1.14. The van der Waals surface area contributed by atoms with Gasteiger partial charge in [-0.2, -0.15) is 0 Å². The molecule has 1 heterocycles. The van der Waals surface area contributed by atoms with Gasteiger partial charge in [-0.05, 0) is 43.7 Å². The lowest BCUT2D eigenvalue weighted by Gasteiger charge is -2.19. The number of imidazole rings is 1. The molecule has 0 saturated heterocycles. The number of rotatable bonds is 6. The van der Waals surface area contributed by atoms with E-state index in [-0.39, 0.29) is 0 Å². The van der Waals surface area contributed by atoms with Crippen LogP contribution in [-0.4, -0.2) is 16.1 Å². The predicted molar refractivity (Wildman–Crippen MR) is 86.9 cm³/mol. The molecule has 0 amide bonds.